The zero-order chi connectivity index (χ0) is 13.1. The smallest absolute Gasteiger partial charge is 0.252 e. The van der Waals surface area contributed by atoms with E-state index in [9.17, 15) is 4.79 Å². The fraction of sp³-hybridized carbons (Fsp3) is 0.667. The number of carbonyl (C=O) groups is 1. The van der Waals surface area contributed by atoms with Crippen LogP contribution in [0.25, 0.3) is 0 Å². The minimum atomic E-state index is -0.213. The minimum Gasteiger partial charge on any atom is -0.373 e. The van der Waals surface area contributed by atoms with Crippen LogP contribution in [-0.2, 0) is 20.9 Å². The van der Waals surface area contributed by atoms with Crippen molar-refractivity contribution in [2.75, 3.05) is 20.8 Å². The molecule has 1 fully saturated rings. The van der Waals surface area contributed by atoms with E-state index in [0.717, 1.165) is 12.1 Å². The molecular weight excluding hydrogens is 234 g/mol. The molecule has 0 N–H and O–H groups in total. The van der Waals surface area contributed by atoms with Crippen molar-refractivity contribution < 1.29 is 14.4 Å². The molecule has 2 atom stereocenters. The van der Waals surface area contributed by atoms with Gasteiger partial charge in [0.2, 0.25) is 0 Å². The average Bonchev–Trinajstić information content (AvgIpc) is 3.04. The summed E-state index contributed by atoms with van der Waals surface area (Å²) in [4.78, 5) is 17.1. The third-order valence-electron chi connectivity index (χ3n) is 3.30. The highest BCUT2D eigenvalue weighted by atomic mass is 16.7. The summed E-state index contributed by atoms with van der Waals surface area (Å²) in [6.07, 6.45) is 4.21. The molecule has 0 aromatic carbocycles. The van der Waals surface area contributed by atoms with Crippen molar-refractivity contribution in [2.45, 2.75) is 26.0 Å². The first kappa shape index (κ1) is 13.0. The number of aryl methyl sites for hydroxylation is 1. The fourth-order valence-electron chi connectivity index (χ4n) is 2.19. The van der Waals surface area contributed by atoms with E-state index in [0.29, 0.717) is 13.0 Å². The van der Waals surface area contributed by atoms with Crippen LogP contribution in [0.1, 0.15) is 25.0 Å². The van der Waals surface area contributed by atoms with Gasteiger partial charge in [-0.1, -0.05) is 0 Å². The van der Waals surface area contributed by atoms with E-state index in [2.05, 4.69) is 5.10 Å². The molecule has 2 heterocycles. The van der Waals surface area contributed by atoms with Gasteiger partial charge in [-0.25, -0.2) is 5.06 Å². The van der Waals surface area contributed by atoms with Crippen LogP contribution in [0, 0.1) is 5.92 Å². The summed E-state index contributed by atoms with van der Waals surface area (Å²) in [6, 6.07) is 0. The first-order valence-corrected chi connectivity index (χ1v) is 6.13. The third-order valence-corrected chi connectivity index (χ3v) is 3.30. The van der Waals surface area contributed by atoms with E-state index in [1.54, 1.807) is 13.2 Å². The van der Waals surface area contributed by atoms with Gasteiger partial charge in [-0.2, -0.15) is 5.10 Å². The molecule has 0 unspecified atom stereocenters. The standard InChI is InChI=1S/C12H19N3O3/c1-4-15-8-9(7-13-15)11-10(5-6-18-11)12(16)14(2)17-3/h7-8,10-11H,4-6H2,1-3H3/t10-,11+/m1/s1. The fourth-order valence-corrected chi connectivity index (χ4v) is 2.19. The molecule has 1 amide bonds. The monoisotopic (exact) mass is 253 g/mol. The van der Waals surface area contributed by atoms with Crippen LogP contribution in [0.5, 0.6) is 0 Å². The van der Waals surface area contributed by atoms with Crippen molar-refractivity contribution >= 4 is 5.91 Å². The maximum absolute atomic E-state index is 12.1. The number of nitrogens with zero attached hydrogens (tertiary/aromatic N) is 3. The van der Waals surface area contributed by atoms with Crippen LogP contribution in [0.15, 0.2) is 12.4 Å². The lowest BCUT2D eigenvalue weighted by Gasteiger charge is -2.21. The van der Waals surface area contributed by atoms with E-state index in [1.165, 1.54) is 12.2 Å². The SMILES string of the molecule is CCn1cc([C@@H]2OCC[C@H]2C(=O)N(C)OC)cn1. The second-order valence-corrected chi connectivity index (χ2v) is 4.33. The Balaban J connectivity index is 2.14. The summed E-state index contributed by atoms with van der Waals surface area (Å²) in [5, 5.41) is 5.48. The lowest BCUT2D eigenvalue weighted by Crippen LogP contribution is -2.33. The molecule has 6 nitrogen and oxygen atoms in total. The Kier molecular flexibility index (Phi) is 3.98. The van der Waals surface area contributed by atoms with Crippen LogP contribution >= 0.6 is 0 Å². The topological polar surface area (TPSA) is 56.6 Å². The van der Waals surface area contributed by atoms with Crippen molar-refractivity contribution in [3.05, 3.63) is 18.0 Å². The number of hydrogen-bond acceptors (Lipinski definition) is 4. The van der Waals surface area contributed by atoms with Crippen LogP contribution < -0.4 is 0 Å². The molecule has 0 spiro atoms. The molecule has 1 aromatic heterocycles. The Morgan fingerprint density at radius 3 is 3.11 bits per heavy atom. The van der Waals surface area contributed by atoms with E-state index in [4.69, 9.17) is 9.57 Å². The summed E-state index contributed by atoms with van der Waals surface area (Å²) < 4.78 is 7.50. The molecule has 6 heteroatoms. The first-order chi connectivity index (χ1) is 8.67. The molecule has 2 rings (SSSR count). The summed E-state index contributed by atoms with van der Waals surface area (Å²) in [5.74, 6) is -0.242. The van der Waals surface area contributed by atoms with Crippen LogP contribution in [0.2, 0.25) is 0 Å². The number of aromatic nitrogens is 2. The molecule has 18 heavy (non-hydrogen) atoms. The molecule has 1 aliphatic rings. The highest BCUT2D eigenvalue weighted by Gasteiger charge is 2.37. The number of amides is 1. The summed E-state index contributed by atoms with van der Waals surface area (Å²) >= 11 is 0. The average molecular weight is 253 g/mol. The molecule has 0 aliphatic carbocycles. The second kappa shape index (κ2) is 5.49. The van der Waals surface area contributed by atoms with Gasteiger partial charge in [0.15, 0.2) is 0 Å². The zero-order valence-electron chi connectivity index (χ0n) is 11.0. The van der Waals surface area contributed by atoms with Gasteiger partial charge in [-0.05, 0) is 13.3 Å². The van der Waals surface area contributed by atoms with Crippen LogP contribution in [0.4, 0.5) is 0 Å². The maximum atomic E-state index is 12.1. The largest absolute Gasteiger partial charge is 0.373 e. The molecule has 0 radical (unpaired) electrons. The number of rotatable bonds is 4. The molecule has 0 saturated carbocycles. The van der Waals surface area contributed by atoms with E-state index in [-0.39, 0.29) is 17.9 Å². The number of hydroxylamine groups is 2. The molecule has 0 bridgehead atoms. The van der Waals surface area contributed by atoms with E-state index in [1.807, 2.05) is 17.8 Å². The molecule has 1 aromatic rings. The highest BCUT2D eigenvalue weighted by molar-refractivity contribution is 5.78. The summed E-state index contributed by atoms with van der Waals surface area (Å²) in [6.45, 7) is 3.42. The number of ether oxygens (including phenoxy) is 1. The Hall–Kier alpha value is -1.40. The van der Waals surface area contributed by atoms with Gasteiger partial charge in [0, 0.05) is 32.0 Å². The Bertz CT molecular complexity index is 418. The Morgan fingerprint density at radius 2 is 2.50 bits per heavy atom. The van der Waals surface area contributed by atoms with Crippen molar-refractivity contribution in [3.63, 3.8) is 0 Å². The predicted molar refractivity (Wildman–Crippen MR) is 64.5 cm³/mol. The molecule has 1 aliphatic heterocycles. The first-order valence-electron chi connectivity index (χ1n) is 6.13. The number of carbonyl (C=O) groups excluding carboxylic acids is 1. The van der Waals surface area contributed by atoms with Gasteiger partial charge >= 0.3 is 0 Å². The van der Waals surface area contributed by atoms with Crippen molar-refractivity contribution in [2.24, 2.45) is 5.92 Å². The third kappa shape index (κ3) is 2.39. The van der Waals surface area contributed by atoms with Gasteiger partial charge in [0.05, 0.1) is 25.3 Å². The lowest BCUT2D eigenvalue weighted by molar-refractivity contribution is -0.175. The van der Waals surface area contributed by atoms with E-state index < -0.39 is 0 Å². The van der Waals surface area contributed by atoms with Gasteiger partial charge in [-0.15, -0.1) is 0 Å². The van der Waals surface area contributed by atoms with Gasteiger partial charge in [-0.3, -0.25) is 14.3 Å². The zero-order valence-corrected chi connectivity index (χ0v) is 11.0. The Labute approximate surface area is 106 Å². The normalized spacial score (nSPS) is 23.3. The maximum Gasteiger partial charge on any atom is 0.252 e. The summed E-state index contributed by atoms with van der Waals surface area (Å²) in [5.41, 5.74) is 0.956. The van der Waals surface area contributed by atoms with Crippen LogP contribution in [-0.4, -0.2) is 41.5 Å². The van der Waals surface area contributed by atoms with Gasteiger partial charge < -0.3 is 4.74 Å². The van der Waals surface area contributed by atoms with Gasteiger partial charge in [0.1, 0.15) is 0 Å². The second-order valence-electron chi connectivity index (χ2n) is 4.33. The van der Waals surface area contributed by atoms with Crippen molar-refractivity contribution in [1.82, 2.24) is 14.8 Å². The van der Waals surface area contributed by atoms with Gasteiger partial charge in [0.25, 0.3) is 5.91 Å². The quantitative estimate of drug-likeness (QED) is 0.751. The molecular formula is C12H19N3O3. The molecule has 100 valence electrons. The minimum absolute atomic E-state index is 0.0516. The van der Waals surface area contributed by atoms with Crippen LogP contribution in [0.3, 0.4) is 0 Å². The number of hydrogen-bond donors (Lipinski definition) is 0. The molecule has 1 saturated heterocycles. The summed E-state index contributed by atoms with van der Waals surface area (Å²) in [7, 11) is 3.10. The highest BCUT2D eigenvalue weighted by Crippen LogP contribution is 2.35. The van der Waals surface area contributed by atoms with Crippen molar-refractivity contribution in [1.29, 1.82) is 0 Å². The Morgan fingerprint density at radius 1 is 1.72 bits per heavy atom. The van der Waals surface area contributed by atoms with E-state index >= 15 is 0 Å². The lowest BCUT2D eigenvalue weighted by atomic mass is 9.96. The predicted octanol–water partition coefficient (Wildman–Crippen LogP) is 1.00. The van der Waals surface area contributed by atoms with Crippen molar-refractivity contribution in [3.8, 4) is 0 Å².